The summed E-state index contributed by atoms with van der Waals surface area (Å²) in [5.74, 6) is 4.10. The molecule has 0 saturated carbocycles. The molecule has 2 aromatic rings. The Labute approximate surface area is 202 Å². The number of likely N-dealkylation sites (N-methyl/N-ethyl adjacent to an activating group) is 1. The van der Waals surface area contributed by atoms with Crippen molar-refractivity contribution in [2.24, 2.45) is 12.0 Å². The van der Waals surface area contributed by atoms with Crippen LogP contribution >= 0.6 is 24.0 Å². The molecule has 0 unspecified atom stereocenters. The van der Waals surface area contributed by atoms with Gasteiger partial charge in [-0.1, -0.05) is 0 Å². The maximum absolute atomic E-state index is 5.84. The number of hydrogen-bond donors (Lipinski definition) is 1. The van der Waals surface area contributed by atoms with Crippen LogP contribution in [0.25, 0.3) is 0 Å². The first kappa shape index (κ1) is 27.0. The number of nitrogens with zero attached hydrogens (tertiary/aromatic N) is 5. The largest absolute Gasteiger partial charge is 0.497 e. The van der Waals surface area contributed by atoms with Gasteiger partial charge in [-0.3, -0.25) is 0 Å². The number of methoxy groups -OCH3 is 1. The number of aryl methyl sites for hydroxylation is 1. The van der Waals surface area contributed by atoms with Crippen LogP contribution in [0.2, 0.25) is 0 Å². The molecule has 0 aliphatic carbocycles. The lowest BCUT2D eigenvalue weighted by atomic mass is 10.3. The number of hydrogen-bond acceptors (Lipinski definition) is 6. The Morgan fingerprint density at radius 2 is 1.87 bits per heavy atom. The van der Waals surface area contributed by atoms with Crippen LogP contribution in [0.15, 0.2) is 29.3 Å². The van der Waals surface area contributed by atoms with Gasteiger partial charge in [0.25, 0.3) is 0 Å². The average Bonchev–Trinajstić information content (AvgIpc) is 3.08. The van der Waals surface area contributed by atoms with Gasteiger partial charge in [0.1, 0.15) is 30.5 Å². The molecule has 0 atom stereocenters. The summed E-state index contributed by atoms with van der Waals surface area (Å²) < 4.78 is 18.4. The quantitative estimate of drug-likeness (QED) is 0.190. The first-order valence-corrected chi connectivity index (χ1v) is 10.2. The molecule has 0 amide bonds. The van der Waals surface area contributed by atoms with Crippen molar-refractivity contribution in [3.63, 3.8) is 0 Å². The Hall–Kier alpha value is -2.08. The van der Waals surface area contributed by atoms with Crippen LogP contribution in [-0.4, -0.2) is 72.7 Å². The minimum Gasteiger partial charge on any atom is -0.497 e. The van der Waals surface area contributed by atoms with E-state index in [1.807, 2.05) is 61.7 Å². The van der Waals surface area contributed by atoms with E-state index in [9.17, 15) is 0 Å². The van der Waals surface area contributed by atoms with Gasteiger partial charge >= 0.3 is 0 Å². The number of benzene rings is 1. The molecular formula is C21H35IN6O3. The monoisotopic (exact) mass is 546 g/mol. The third kappa shape index (κ3) is 9.30. The molecule has 31 heavy (non-hydrogen) atoms. The molecule has 10 heteroatoms. The topological polar surface area (TPSA) is 86.0 Å². The zero-order valence-electron chi connectivity index (χ0n) is 19.1. The number of rotatable bonds is 12. The first-order valence-electron chi connectivity index (χ1n) is 10.2. The number of guanidine groups is 1. The normalized spacial score (nSPS) is 11.1. The highest BCUT2D eigenvalue weighted by Gasteiger charge is 2.09. The third-order valence-electron chi connectivity index (χ3n) is 4.62. The summed E-state index contributed by atoms with van der Waals surface area (Å²) >= 11 is 0. The SMILES string of the molecule is CCOCCCNC(=NCc1nnc(C)n1C)N(C)CCOc1ccc(OC)cc1.I. The van der Waals surface area contributed by atoms with Crippen molar-refractivity contribution in [2.75, 3.05) is 47.1 Å². The van der Waals surface area contributed by atoms with Crippen LogP contribution < -0.4 is 14.8 Å². The van der Waals surface area contributed by atoms with Gasteiger partial charge in [-0.05, 0) is 44.5 Å². The smallest absolute Gasteiger partial charge is 0.194 e. The van der Waals surface area contributed by atoms with Crippen LogP contribution in [-0.2, 0) is 18.3 Å². The lowest BCUT2D eigenvalue weighted by Crippen LogP contribution is -2.41. The molecule has 0 aliphatic heterocycles. The van der Waals surface area contributed by atoms with Crippen LogP contribution in [0.1, 0.15) is 25.0 Å². The molecule has 1 heterocycles. The van der Waals surface area contributed by atoms with Crippen LogP contribution in [0.3, 0.4) is 0 Å². The highest BCUT2D eigenvalue weighted by Crippen LogP contribution is 2.16. The molecule has 1 N–H and O–H groups in total. The van der Waals surface area contributed by atoms with Crippen molar-refractivity contribution >= 4 is 29.9 Å². The van der Waals surface area contributed by atoms with Gasteiger partial charge in [0.2, 0.25) is 0 Å². The number of ether oxygens (including phenoxy) is 3. The van der Waals surface area contributed by atoms with Crippen LogP contribution in [0.5, 0.6) is 11.5 Å². The van der Waals surface area contributed by atoms with Crippen molar-refractivity contribution in [1.82, 2.24) is 25.0 Å². The summed E-state index contributed by atoms with van der Waals surface area (Å²) in [5.41, 5.74) is 0. The van der Waals surface area contributed by atoms with Crippen molar-refractivity contribution in [3.05, 3.63) is 35.9 Å². The second-order valence-corrected chi connectivity index (χ2v) is 6.79. The summed E-state index contributed by atoms with van der Waals surface area (Å²) in [7, 11) is 5.59. The molecule has 2 rings (SSSR count). The maximum Gasteiger partial charge on any atom is 0.194 e. The Kier molecular flexibility index (Phi) is 12.9. The molecule has 0 aliphatic rings. The molecule has 174 valence electrons. The molecule has 1 aromatic heterocycles. The molecule has 0 radical (unpaired) electrons. The summed E-state index contributed by atoms with van der Waals surface area (Å²) in [6, 6.07) is 7.57. The van der Waals surface area contributed by atoms with E-state index >= 15 is 0 Å². The zero-order chi connectivity index (χ0) is 21.8. The summed E-state index contributed by atoms with van der Waals surface area (Å²) in [4.78, 5) is 6.78. The molecule has 1 aromatic carbocycles. The minimum atomic E-state index is 0. The fraction of sp³-hybridized carbons (Fsp3) is 0.571. The number of halogens is 1. The standard InChI is InChI=1S/C21H34N6O3.HI/c1-6-29-14-7-12-22-21(23-16-20-25-24-17(2)27(20)4)26(3)13-15-30-19-10-8-18(28-5)9-11-19;/h8-11H,6-7,12-16H2,1-5H3,(H,22,23);1H. The molecule has 9 nitrogen and oxygen atoms in total. The number of aromatic nitrogens is 3. The lowest BCUT2D eigenvalue weighted by Gasteiger charge is -2.22. The predicted molar refractivity (Wildman–Crippen MR) is 133 cm³/mol. The van der Waals surface area contributed by atoms with Crippen molar-refractivity contribution in [2.45, 2.75) is 26.8 Å². The molecule has 0 saturated heterocycles. The number of aliphatic imine (C=N–C) groups is 1. The van der Waals surface area contributed by atoms with Crippen LogP contribution in [0.4, 0.5) is 0 Å². The van der Waals surface area contributed by atoms with E-state index in [0.29, 0.717) is 19.7 Å². The van der Waals surface area contributed by atoms with E-state index in [1.165, 1.54) is 0 Å². The van der Waals surface area contributed by atoms with Gasteiger partial charge in [0, 0.05) is 33.9 Å². The Balaban J connectivity index is 0.00000480. The highest BCUT2D eigenvalue weighted by atomic mass is 127. The van der Waals surface area contributed by atoms with E-state index in [0.717, 1.165) is 55.3 Å². The fourth-order valence-electron chi connectivity index (χ4n) is 2.64. The Morgan fingerprint density at radius 3 is 2.48 bits per heavy atom. The Bertz CT molecular complexity index is 782. The molecular weight excluding hydrogens is 511 g/mol. The van der Waals surface area contributed by atoms with Crippen molar-refractivity contribution < 1.29 is 14.2 Å². The second-order valence-electron chi connectivity index (χ2n) is 6.79. The number of nitrogens with one attached hydrogen (secondary N) is 1. The minimum absolute atomic E-state index is 0. The maximum atomic E-state index is 5.84. The van der Waals surface area contributed by atoms with E-state index in [-0.39, 0.29) is 24.0 Å². The van der Waals surface area contributed by atoms with Gasteiger partial charge in [0.05, 0.1) is 13.7 Å². The Morgan fingerprint density at radius 1 is 1.16 bits per heavy atom. The van der Waals surface area contributed by atoms with E-state index in [1.54, 1.807) is 7.11 Å². The van der Waals surface area contributed by atoms with Gasteiger partial charge in [0.15, 0.2) is 11.8 Å². The average molecular weight is 546 g/mol. The third-order valence-corrected chi connectivity index (χ3v) is 4.62. The van der Waals surface area contributed by atoms with Crippen LogP contribution in [0, 0.1) is 6.92 Å². The highest BCUT2D eigenvalue weighted by molar-refractivity contribution is 14.0. The van der Waals surface area contributed by atoms with E-state index in [4.69, 9.17) is 19.2 Å². The lowest BCUT2D eigenvalue weighted by molar-refractivity contribution is 0.145. The molecule has 0 fully saturated rings. The molecule has 0 bridgehead atoms. The summed E-state index contributed by atoms with van der Waals surface area (Å²) in [6.07, 6.45) is 0.909. The first-order chi connectivity index (χ1) is 14.5. The van der Waals surface area contributed by atoms with Gasteiger partial charge in [-0.25, -0.2) is 4.99 Å². The van der Waals surface area contributed by atoms with Crippen molar-refractivity contribution in [3.8, 4) is 11.5 Å². The fourth-order valence-corrected chi connectivity index (χ4v) is 2.64. The van der Waals surface area contributed by atoms with E-state index in [2.05, 4.69) is 15.5 Å². The zero-order valence-corrected chi connectivity index (χ0v) is 21.5. The summed E-state index contributed by atoms with van der Waals surface area (Å²) in [5, 5.41) is 11.7. The van der Waals surface area contributed by atoms with E-state index < -0.39 is 0 Å². The van der Waals surface area contributed by atoms with Gasteiger partial charge < -0.3 is 29.0 Å². The molecule has 0 spiro atoms. The van der Waals surface area contributed by atoms with Crippen molar-refractivity contribution in [1.29, 1.82) is 0 Å². The second kappa shape index (κ2) is 14.8. The predicted octanol–water partition coefficient (Wildman–Crippen LogP) is 2.63. The summed E-state index contributed by atoms with van der Waals surface area (Å²) in [6.45, 7) is 7.83. The van der Waals surface area contributed by atoms with Gasteiger partial charge in [-0.2, -0.15) is 0 Å². The van der Waals surface area contributed by atoms with Gasteiger partial charge in [-0.15, -0.1) is 34.2 Å².